The molecule has 3 rings (SSSR count). The van der Waals surface area contributed by atoms with E-state index in [-0.39, 0.29) is 18.9 Å². The molecule has 0 saturated carbocycles. The number of thiazole rings is 1. The van der Waals surface area contributed by atoms with E-state index in [4.69, 9.17) is 11.6 Å². The second kappa shape index (κ2) is 8.72. The summed E-state index contributed by atoms with van der Waals surface area (Å²) in [4.78, 5) is 16.8. The number of amides is 1. The van der Waals surface area contributed by atoms with Crippen molar-refractivity contribution < 1.29 is 13.2 Å². The van der Waals surface area contributed by atoms with Gasteiger partial charge < -0.3 is 5.32 Å². The predicted molar refractivity (Wildman–Crippen MR) is 113 cm³/mol. The average Bonchev–Trinajstić information content (AvgIpc) is 3.08. The van der Waals surface area contributed by atoms with Gasteiger partial charge in [-0.25, -0.2) is 13.4 Å². The minimum atomic E-state index is -3.40. The van der Waals surface area contributed by atoms with Crippen LogP contribution < -0.4 is 10.0 Å². The van der Waals surface area contributed by atoms with Crippen molar-refractivity contribution in [1.82, 2.24) is 10.3 Å². The summed E-state index contributed by atoms with van der Waals surface area (Å²) < 4.78 is 25.4. The number of hydrogen-bond acceptors (Lipinski definition) is 5. The standard InChI is InChI=1S/C19H18ClN3O3S2/c1-28(25,26)23-17-9-5-2-6-13(17)11-21-18(24)10-14-12-27-19(22-14)15-7-3-4-8-16(15)20/h2-9,12,23H,10-11H2,1H3,(H,21,24). The third kappa shape index (κ3) is 5.54. The third-order valence-corrected chi connectivity index (χ3v) is 5.63. The van der Waals surface area contributed by atoms with Gasteiger partial charge in [0.1, 0.15) is 5.01 Å². The Hall–Kier alpha value is -2.42. The Kier molecular flexibility index (Phi) is 6.33. The van der Waals surface area contributed by atoms with Gasteiger partial charge in [0.15, 0.2) is 0 Å². The van der Waals surface area contributed by atoms with E-state index < -0.39 is 10.0 Å². The molecule has 0 saturated heterocycles. The Balaban J connectivity index is 1.63. The van der Waals surface area contributed by atoms with Crippen molar-refractivity contribution in [2.45, 2.75) is 13.0 Å². The van der Waals surface area contributed by atoms with E-state index in [9.17, 15) is 13.2 Å². The molecule has 2 N–H and O–H groups in total. The van der Waals surface area contributed by atoms with Gasteiger partial charge in [-0.05, 0) is 17.7 Å². The van der Waals surface area contributed by atoms with Crippen LogP contribution >= 0.6 is 22.9 Å². The maximum atomic E-state index is 12.3. The molecule has 28 heavy (non-hydrogen) atoms. The van der Waals surface area contributed by atoms with E-state index in [2.05, 4.69) is 15.0 Å². The Labute approximate surface area is 172 Å². The summed E-state index contributed by atoms with van der Waals surface area (Å²) in [7, 11) is -3.40. The molecule has 1 heterocycles. The van der Waals surface area contributed by atoms with Crippen molar-refractivity contribution >= 4 is 44.6 Å². The Morgan fingerprint density at radius 3 is 2.61 bits per heavy atom. The van der Waals surface area contributed by atoms with Gasteiger partial charge in [0.2, 0.25) is 15.9 Å². The van der Waals surface area contributed by atoms with Crippen LogP contribution in [0.2, 0.25) is 5.02 Å². The molecule has 3 aromatic rings. The van der Waals surface area contributed by atoms with Crippen molar-refractivity contribution in [3.8, 4) is 10.6 Å². The number of sulfonamides is 1. The fourth-order valence-electron chi connectivity index (χ4n) is 2.54. The fraction of sp³-hybridized carbons (Fsp3) is 0.158. The highest BCUT2D eigenvalue weighted by molar-refractivity contribution is 7.92. The molecule has 0 atom stereocenters. The van der Waals surface area contributed by atoms with Crippen LogP contribution in [0.5, 0.6) is 0 Å². The summed E-state index contributed by atoms with van der Waals surface area (Å²) in [6.07, 6.45) is 1.21. The molecule has 9 heteroatoms. The number of anilines is 1. The summed E-state index contributed by atoms with van der Waals surface area (Å²) in [5.41, 5.74) is 2.61. The number of benzene rings is 2. The van der Waals surface area contributed by atoms with Crippen LogP contribution in [0.1, 0.15) is 11.3 Å². The highest BCUT2D eigenvalue weighted by Crippen LogP contribution is 2.30. The summed E-state index contributed by atoms with van der Waals surface area (Å²) >= 11 is 7.62. The van der Waals surface area contributed by atoms with E-state index in [0.29, 0.717) is 22.0 Å². The molecule has 146 valence electrons. The molecule has 2 aromatic carbocycles. The SMILES string of the molecule is CS(=O)(=O)Nc1ccccc1CNC(=O)Cc1csc(-c2ccccc2Cl)n1. The summed E-state index contributed by atoms with van der Waals surface area (Å²) in [5, 5.41) is 6.00. The lowest BCUT2D eigenvalue weighted by atomic mass is 10.2. The molecule has 1 amide bonds. The molecule has 1 aromatic heterocycles. The monoisotopic (exact) mass is 435 g/mol. The molecule has 0 aliphatic heterocycles. The minimum Gasteiger partial charge on any atom is -0.352 e. The summed E-state index contributed by atoms with van der Waals surface area (Å²) in [6, 6.07) is 14.3. The van der Waals surface area contributed by atoms with E-state index in [1.165, 1.54) is 11.3 Å². The number of nitrogens with one attached hydrogen (secondary N) is 2. The van der Waals surface area contributed by atoms with Crippen LogP contribution in [0, 0.1) is 0 Å². The number of para-hydroxylation sites is 1. The molecule has 0 bridgehead atoms. The first-order valence-corrected chi connectivity index (χ1v) is 11.5. The van der Waals surface area contributed by atoms with Crippen molar-refractivity contribution in [1.29, 1.82) is 0 Å². The van der Waals surface area contributed by atoms with Gasteiger partial charge in [-0.1, -0.05) is 48.0 Å². The lowest BCUT2D eigenvalue weighted by molar-refractivity contribution is -0.120. The number of rotatable bonds is 7. The molecule has 0 fully saturated rings. The van der Waals surface area contributed by atoms with Crippen LogP contribution in [0.15, 0.2) is 53.9 Å². The lowest BCUT2D eigenvalue weighted by Gasteiger charge is -2.11. The second-order valence-electron chi connectivity index (χ2n) is 6.11. The predicted octanol–water partition coefficient (Wildman–Crippen LogP) is 3.69. The number of carbonyl (C=O) groups is 1. The van der Waals surface area contributed by atoms with Gasteiger partial charge in [-0.3, -0.25) is 9.52 Å². The summed E-state index contributed by atoms with van der Waals surface area (Å²) in [6.45, 7) is 0.207. The number of carbonyl (C=O) groups excluding carboxylic acids is 1. The van der Waals surface area contributed by atoms with Gasteiger partial charge in [-0.15, -0.1) is 11.3 Å². The van der Waals surface area contributed by atoms with Crippen LogP contribution in [0.25, 0.3) is 10.6 Å². The van der Waals surface area contributed by atoms with Gasteiger partial charge in [0, 0.05) is 17.5 Å². The maximum absolute atomic E-state index is 12.3. The minimum absolute atomic E-state index is 0.128. The first kappa shape index (κ1) is 20.3. The van der Waals surface area contributed by atoms with Crippen molar-refractivity contribution in [2.24, 2.45) is 0 Å². The smallest absolute Gasteiger partial charge is 0.229 e. The molecular weight excluding hydrogens is 418 g/mol. The van der Waals surface area contributed by atoms with Gasteiger partial charge >= 0.3 is 0 Å². The molecule has 0 radical (unpaired) electrons. The Morgan fingerprint density at radius 2 is 1.86 bits per heavy atom. The van der Waals surface area contributed by atoms with E-state index in [1.807, 2.05) is 23.6 Å². The molecule has 0 unspecified atom stereocenters. The van der Waals surface area contributed by atoms with Gasteiger partial charge in [0.05, 0.1) is 29.1 Å². The highest BCUT2D eigenvalue weighted by Gasteiger charge is 2.12. The highest BCUT2D eigenvalue weighted by atomic mass is 35.5. The normalized spacial score (nSPS) is 11.2. The third-order valence-electron chi connectivity index (χ3n) is 3.79. The Bertz CT molecular complexity index is 1100. The molecular formula is C19H18ClN3O3S2. The molecule has 0 aliphatic carbocycles. The second-order valence-corrected chi connectivity index (χ2v) is 9.12. The fourth-order valence-corrected chi connectivity index (χ4v) is 4.28. The van der Waals surface area contributed by atoms with Gasteiger partial charge in [-0.2, -0.15) is 0 Å². The van der Waals surface area contributed by atoms with Crippen LogP contribution in [-0.2, 0) is 27.8 Å². The number of halogens is 1. The number of nitrogens with zero attached hydrogens (tertiary/aromatic N) is 1. The Morgan fingerprint density at radius 1 is 1.14 bits per heavy atom. The van der Waals surface area contributed by atoms with Crippen molar-refractivity contribution in [3.05, 3.63) is 70.2 Å². The molecule has 0 spiro atoms. The quantitative estimate of drug-likeness (QED) is 0.592. The number of hydrogen-bond donors (Lipinski definition) is 2. The summed E-state index contributed by atoms with van der Waals surface area (Å²) in [5.74, 6) is -0.204. The van der Waals surface area contributed by atoms with Crippen molar-refractivity contribution in [3.63, 3.8) is 0 Å². The maximum Gasteiger partial charge on any atom is 0.229 e. The topological polar surface area (TPSA) is 88.2 Å². The van der Waals surface area contributed by atoms with E-state index in [1.54, 1.807) is 30.3 Å². The van der Waals surface area contributed by atoms with Crippen LogP contribution in [0.4, 0.5) is 5.69 Å². The van der Waals surface area contributed by atoms with Gasteiger partial charge in [0.25, 0.3) is 0 Å². The van der Waals surface area contributed by atoms with Crippen LogP contribution in [0.3, 0.4) is 0 Å². The first-order valence-electron chi connectivity index (χ1n) is 8.33. The zero-order chi connectivity index (χ0) is 20.1. The van der Waals surface area contributed by atoms with E-state index in [0.717, 1.165) is 16.8 Å². The van der Waals surface area contributed by atoms with Crippen LogP contribution in [-0.4, -0.2) is 25.6 Å². The molecule has 6 nitrogen and oxygen atoms in total. The zero-order valence-electron chi connectivity index (χ0n) is 15.0. The first-order chi connectivity index (χ1) is 13.3. The van der Waals surface area contributed by atoms with Crippen molar-refractivity contribution in [2.75, 3.05) is 11.0 Å². The van der Waals surface area contributed by atoms with E-state index >= 15 is 0 Å². The number of aromatic nitrogens is 1. The molecule has 0 aliphatic rings. The lowest BCUT2D eigenvalue weighted by Crippen LogP contribution is -2.25. The largest absolute Gasteiger partial charge is 0.352 e. The zero-order valence-corrected chi connectivity index (χ0v) is 17.4. The average molecular weight is 436 g/mol.